The Balaban J connectivity index is 2.05. The maximum Gasteiger partial charge on any atom is 0.0328 e. The second kappa shape index (κ2) is 5.37. The molecule has 0 aliphatic heterocycles. The van der Waals surface area contributed by atoms with Gasteiger partial charge in [-0.15, -0.1) is 11.8 Å². The summed E-state index contributed by atoms with van der Waals surface area (Å²) in [6, 6.07) is 10.0. The van der Waals surface area contributed by atoms with Crippen molar-refractivity contribution in [3.05, 3.63) is 52.8 Å². The lowest BCUT2D eigenvalue weighted by Crippen LogP contribution is -1.88. The number of hydrogen-bond acceptors (Lipinski definition) is 3. The van der Waals surface area contributed by atoms with Crippen LogP contribution in [0.5, 0.6) is 0 Å². The Labute approximate surface area is 107 Å². The highest BCUT2D eigenvalue weighted by atomic mass is 79.9. The molecule has 2 aromatic rings. The van der Waals surface area contributed by atoms with E-state index in [4.69, 9.17) is 5.73 Å². The van der Waals surface area contributed by atoms with E-state index in [2.05, 4.69) is 27.0 Å². The summed E-state index contributed by atoms with van der Waals surface area (Å²) in [4.78, 5) is 5.20. The number of pyridine rings is 1. The molecular formula is C12H11BrN2S. The minimum atomic E-state index is 0.791. The van der Waals surface area contributed by atoms with Crippen molar-refractivity contribution in [3.8, 4) is 0 Å². The fourth-order valence-electron chi connectivity index (χ4n) is 1.36. The smallest absolute Gasteiger partial charge is 0.0328 e. The van der Waals surface area contributed by atoms with Gasteiger partial charge in [0.25, 0.3) is 0 Å². The van der Waals surface area contributed by atoms with Crippen LogP contribution in [0.15, 0.2) is 52.1 Å². The predicted octanol–water partition coefficient (Wildman–Crippen LogP) is 3.72. The van der Waals surface area contributed by atoms with Crippen molar-refractivity contribution >= 4 is 33.4 Å². The van der Waals surface area contributed by atoms with E-state index < -0.39 is 0 Å². The zero-order valence-electron chi connectivity index (χ0n) is 8.56. The normalized spacial score (nSPS) is 10.3. The minimum Gasteiger partial charge on any atom is -0.399 e. The van der Waals surface area contributed by atoms with E-state index in [9.17, 15) is 0 Å². The van der Waals surface area contributed by atoms with Crippen LogP contribution >= 0.6 is 27.7 Å². The third-order valence-electron chi connectivity index (χ3n) is 2.04. The summed E-state index contributed by atoms with van der Waals surface area (Å²) in [5, 5.41) is 0. The Hall–Kier alpha value is -1.00. The van der Waals surface area contributed by atoms with Crippen LogP contribution in [0.3, 0.4) is 0 Å². The lowest BCUT2D eigenvalue weighted by Gasteiger charge is -2.04. The van der Waals surface area contributed by atoms with Gasteiger partial charge in [-0.1, -0.05) is 15.9 Å². The lowest BCUT2D eigenvalue weighted by molar-refractivity contribution is 1.26. The van der Waals surface area contributed by atoms with E-state index in [1.807, 2.05) is 24.3 Å². The molecule has 0 unspecified atom stereocenters. The SMILES string of the molecule is Nc1cc(Br)cc(CSc2ccncc2)c1. The van der Waals surface area contributed by atoms with Crippen molar-refractivity contribution in [2.45, 2.75) is 10.6 Å². The van der Waals surface area contributed by atoms with Gasteiger partial charge >= 0.3 is 0 Å². The van der Waals surface area contributed by atoms with Crippen LogP contribution in [0.25, 0.3) is 0 Å². The van der Waals surface area contributed by atoms with Gasteiger partial charge in [0.15, 0.2) is 0 Å². The fraction of sp³-hybridized carbons (Fsp3) is 0.0833. The van der Waals surface area contributed by atoms with Crippen LogP contribution in [0.2, 0.25) is 0 Å². The van der Waals surface area contributed by atoms with Crippen molar-refractivity contribution in [3.63, 3.8) is 0 Å². The monoisotopic (exact) mass is 294 g/mol. The Morgan fingerprint density at radius 1 is 1.19 bits per heavy atom. The van der Waals surface area contributed by atoms with Gasteiger partial charge in [-0.05, 0) is 35.9 Å². The highest BCUT2D eigenvalue weighted by molar-refractivity contribution is 9.10. The second-order valence-corrected chi connectivity index (χ2v) is 5.33. The maximum atomic E-state index is 5.78. The van der Waals surface area contributed by atoms with Crippen LogP contribution < -0.4 is 5.73 Å². The Morgan fingerprint density at radius 2 is 1.94 bits per heavy atom. The van der Waals surface area contributed by atoms with E-state index in [-0.39, 0.29) is 0 Å². The van der Waals surface area contributed by atoms with E-state index in [1.165, 1.54) is 10.5 Å². The lowest BCUT2D eigenvalue weighted by atomic mass is 10.2. The molecule has 0 spiro atoms. The molecule has 16 heavy (non-hydrogen) atoms. The average Bonchev–Trinajstić information content (AvgIpc) is 2.27. The first-order chi connectivity index (χ1) is 7.74. The zero-order chi connectivity index (χ0) is 11.4. The Kier molecular flexibility index (Phi) is 3.85. The van der Waals surface area contributed by atoms with Gasteiger partial charge in [-0.2, -0.15) is 0 Å². The predicted molar refractivity (Wildman–Crippen MR) is 72.4 cm³/mol. The topological polar surface area (TPSA) is 38.9 Å². The largest absolute Gasteiger partial charge is 0.399 e. The summed E-state index contributed by atoms with van der Waals surface area (Å²) in [6.45, 7) is 0. The van der Waals surface area contributed by atoms with Gasteiger partial charge in [0.2, 0.25) is 0 Å². The summed E-state index contributed by atoms with van der Waals surface area (Å²) in [6.07, 6.45) is 3.61. The standard InChI is InChI=1S/C12H11BrN2S/c13-10-5-9(6-11(14)7-10)8-16-12-1-3-15-4-2-12/h1-7H,8,14H2. The number of aromatic nitrogens is 1. The third kappa shape index (κ3) is 3.25. The quantitative estimate of drug-likeness (QED) is 0.693. The second-order valence-electron chi connectivity index (χ2n) is 3.36. The van der Waals surface area contributed by atoms with Crippen molar-refractivity contribution in [1.29, 1.82) is 0 Å². The minimum absolute atomic E-state index is 0.791. The number of hydrogen-bond donors (Lipinski definition) is 1. The van der Waals surface area contributed by atoms with E-state index in [0.717, 1.165) is 15.9 Å². The molecule has 0 aliphatic rings. The number of nitrogens with zero attached hydrogens (tertiary/aromatic N) is 1. The molecule has 2 nitrogen and oxygen atoms in total. The first kappa shape index (κ1) is 11.5. The first-order valence-electron chi connectivity index (χ1n) is 4.82. The van der Waals surface area contributed by atoms with Crippen LogP contribution in [0, 0.1) is 0 Å². The molecule has 0 fully saturated rings. The molecule has 82 valence electrons. The molecule has 1 aromatic heterocycles. The van der Waals surface area contributed by atoms with Gasteiger partial charge < -0.3 is 5.73 Å². The Morgan fingerprint density at radius 3 is 2.62 bits per heavy atom. The van der Waals surface area contributed by atoms with Crippen molar-refractivity contribution in [2.24, 2.45) is 0 Å². The highest BCUT2D eigenvalue weighted by Crippen LogP contribution is 2.25. The van der Waals surface area contributed by atoms with Crippen molar-refractivity contribution < 1.29 is 0 Å². The van der Waals surface area contributed by atoms with Gasteiger partial charge in [0.1, 0.15) is 0 Å². The third-order valence-corrected chi connectivity index (χ3v) is 3.58. The van der Waals surface area contributed by atoms with Gasteiger partial charge in [0.05, 0.1) is 0 Å². The van der Waals surface area contributed by atoms with Crippen LogP contribution in [-0.2, 0) is 5.75 Å². The van der Waals surface area contributed by atoms with Crippen LogP contribution in [-0.4, -0.2) is 4.98 Å². The molecule has 0 bridgehead atoms. The zero-order valence-corrected chi connectivity index (χ0v) is 11.0. The number of benzene rings is 1. The van der Waals surface area contributed by atoms with Gasteiger partial charge in [0, 0.05) is 33.2 Å². The number of rotatable bonds is 3. The van der Waals surface area contributed by atoms with E-state index >= 15 is 0 Å². The summed E-state index contributed by atoms with van der Waals surface area (Å²) in [7, 11) is 0. The summed E-state index contributed by atoms with van der Waals surface area (Å²) in [5.41, 5.74) is 7.79. The number of thioether (sulfide) groups is 1. The maximum absolute atomic E-state index is 5.78. The first-order valence-corrected chi connectivity index (χ1v) is 6.60. The number of halogens is 1. The molecule has 2 rings (SSSR count). The molecule has 1 aromatic carbocycles. The molecule has 2 N–H and O–H groups in total. The summed E-state index contributed by atoms with van der Waals surface area (Å²) in [5.74, 6) is 0.910. The number of anilines is 1. The fourth-order valence-corrected chi connectivity index (χ4v) is 2.73. The molecule has 1 heterocycles. The molecule has 0 atom stereocenters. The van der Waals surface area contributed by atoms with E-state index in [0.29, 0.717) is 0 Å². The van der Waals surface area contributed by atoms with E-state index in [1.54, 1.807) is 24.2 Å². The molecule has 0 saturated carbocycles. The molecule has 0 radical (unpaired) electrons. The average molecular weight is 295 g/mol. The molecular weight excluding hydrogens is 284 g/mol. The van der Waals surface area contributed by atoms with Crippen molar-refractivity contribution in [2.75, 3.05) is 5.73 Å². The summed E-state index contributed by atoms with van der Waals surface area (Å²) < 4.78 is 1.03. The number of nitrogen functional groups attached to an aromatic ring is 1. The van der Waals surface area contributed by atoms with Gasteiger partial charge in [-0.25, -0.2) is 0 Å². The van der Waals surface area contributed by atoms with Gasteiger partial charge in [-0.3, -0.25) is 4.98 Å². The van der Waals surface area contributed by atoms with Crippen LogP contribution in [0.4, 0.5) is 5.69 Å². The Bertz CT molecular complexity index is 453. The van der Waals surface area contributed by atoms with Crippen molar-refractivity contribution in [1.82, 2.24) is 4.98 Å². The summed E-state index contributed by atoms with van der Waals surface area (Å²) >= 11 is 5.21. The number of nitrogens with two attached hydrogens (primary N) is 1. The van der Waals surface area contributed by atoms with Crippen LogP contribution in [0.1, 0.15) is 5.56 Å². The molecule has 0 aliphatic carbocycles. The molecule has 4 heteroatoms. The highest BCUT2D eigenvalue weighted by Gasteiger charge is 1.99. The molecule has 0 saturated heterocycles. The molecule has 0 amide bonds.